The molecule has 0 radical (unpaired) electrons. The zero-order valence-corrected chi connectivity index (χ0v) is 17.4. The first-order valence-electron chi connectivity index (χ1n) is 9.71. The van der Waals surface area contributed by atoms with E-state index in [-0.39, 0.29) is 29.1 Å². The van der Waals surface area contributed by atoms with Crippen LogP contribution in [0.3, 0.4) is 0 Å². The predicted octanol–water partition coefficient (Wildman–Crippen LogP) is 3.24. The van der Waals surface area contributed by atoms with Gasteiger partial charge >= 0.3 is 0 Å². The van der Waals surface area contributed by atoms with Crippen LogP contribution in [-0.4, -0.2) is 34.7 Å². The highest BCUT2D eigenvalue weighted by atomic mass is 19.1. The third-order valence-corrected chi connectivity index (χ3v) is 4.90. The van der Waals surface area contributed by atoms with Crippen molar-refractivity contribution in [3.8, 4) is 35.1 Å². The number of hydrogen-bond acceptors (Lipinski definition) is 6. The molecule has 0 aliphatic rings. The Kier molecular flexibility index (Phi) is 5.21. The second-order valence-electron chi connectivity index (χ2n) is 7.40. The topological polar surface area (TPSA) is 100 Å². The van der Waals surface area contributed by atoms with Gasteiger partial charge in [0.25, 0.3) is 0 Å². The molecule has 4 rings (SSSR count). The lowest BCUT2D eigenvalue weighted by atomic mass is 10.0. The molecular formula is C22H21FN8. The summed E-state index contributed by atoms with van der Waals surface area (Å²) < 4.78 is 18.2. The van der Waals surface area contributed by atoms with Gasteiger partial charge in [-0.25, -0.2) is 19.0 Å². The maximum atomic E-state index is 14.8. The standard InChI is InChI=1S/C22H21FN8/c1-5-15-7-6-8-17(14(15)4)22-25-20(19(23)21(24)26-22)18-12-30(29-27-18)11-16-9-10-31(28-16)13(2)3/h1,6-10,12-13H,11H2,2-4H3,(H2,24,25,26). The Bertz CT molecular complexity index is 1300. The van der Waals surface area contributed by atoms with Crippen molar-refractivity contribution in [1.29, 1.82) is 0 Å². The molecule has 0 atom stereocenters. The van der Waals surface area contributed by atoms with Gasteiger partial charge in [0, 0.05) is 23.4 Å². The zero-order chi connectivity index (χ0) is 22.1. The Morgan fingerprint density at radius 3 is 2.74 bits per heavy atom. The van der Waals surface area contributed by atoms with Crippen molar-refractivity contribution in [2.24, 2.45) is 0 Å². The second kappa shape index (κ2) is 7.99. The van der Waals surface area contributed by atoms with Gasteiger partial charge in [0.2, 0.25) is 0 Å². The number of halogens is 1. The van der Waals surface area contributed by atoms with Gasteiger partial charge in [-0.1, -0.05) is 23.3 Å². The molecule has 3 aromatic heterocycles. The molecule has 1 aromatic carbocycles. The first-order chi connectivity index (χ1) is 14.9. The molecule has 2 N–H and O–H groups in total. The third kappa shape index (κ3) is 3.88. The number of nitrogens with two attached hydrogens (primary N) is 1. The summed E-state index contributed by atoms with van der Waals surface area (Å²) in [4.78, 5) is 8.50. The summed E-state index contributed by atoms with van der Waals surface area (Å²) in [5, 5.41) is 12.7. The largest absolute Gasteiger partial charge is 0.381 e. The van der Waals surface area contributed by atoms with E-state index < -0.39 is 5.82 Å². The highest BCUT2D eigenvalue weighted by Gasteiger charge is 2.19. The summed E-state index contributed by atoms with van der Waals surface area (Å²) in [6.07, 6.45) is 9.06. The lowest BCUT2D eigenvalue weighted by Crippen LogP contribution is -2.05. The van der Waals surface area contributed by atoms with Crippen molar-refractivity contribution in [3.63, 3.8) is 0 Å². The lowest BCUT2D eigenvalue weighted by molar-refractivity contribution is 0.519. The minimum atomic E-state index is -0.745. The molecule has 0 saturated carbocycles. The van der Waals surface area contributed by atoms with Crippen LogP contribution in [0.15, 0.2) is 36.7 Å². The van der Waals surface area contributed by atoms with E-state index in [1.807, 2.05) is 49.8 Å². The Balaban J connectivity index is 1.70. The fourth-order valence-corrected chi connectivity index (χ4v) is 3.19. The van der Waals surface area contributed by atoms with E-state index in [1.54, 1.807) is 16.9 Å². The van der Waals surface area contributed by atoms with Crippen LogP contribution in [0.4, 0.5) is 10.2 Å². The Morgan fingerprint density at radius 2 is 2.03 bits per heavy atom. The van der Waals surface area contributed by atoms with E-state index in [1.165, 1.54) is 0 Å². The van der Waals surface area contributed by atoms with Crippen molar-refractivity contribution in [2.45, 2.75) is 33.4 Å². The fourth-order valence-electron chi connectivity index (χ4n) is 3.19. The molecule has 8 nitrogen and oxygen atoms in total. The average molecular weight is 416 g/mol. The zero-order valence-electron chi connectivity index (χ0n) is 17.4. The van der Waals surface area contributed by atoms with Crippen molar-refractivity contribution < 1.29 is 4.39 Å². The molecular weight excluding hydrogens is 395 g/mol. The van der Waals surface area contributed by atoms with Gasteiger partial charge in [0.05, 0.1) is 18.4 Å². The Morgan fingerprint density at radius 1 is 1.23 bits per heavy atom. The first-order valence-corrected chi connectivity index (χ1v) is 9.71. The second-order valence-corrected chi connectivity index (χ2v) is 7.40. The quantitative estimate of drug-likeness (QED) is 0.501. The van der Waals surface area contributed by atoms with Gasteiger partial charge in [0.1, 0.15) is 11.4 Å². The smallest absolute Gasteiger partial charge is 0.193 e. The maximum Gasteiger partial charge on any atom is 0.193 e. The number of anilines is 1. The minimum Gasteiger partial charge on any atom is -0.381 e. The number of nitrogens with zero attached hydrogens (tertiary/aromatic N) is 7. The lowest BCUT2D eigenvalue weighted by Gasteiger charge is -2.09. The number of hydrogen-bond donors (Lipinski definition) is 1. The predicted molar refractivity (Wildman–Crippen MR) is 115 cm³/mol. The van der Waals surface area contributed by atoms with E-state index in [4.69, 9.17) is 12.2 Å². The molecule has 0 aliphatic carbocycles. The highest BCUT2D eigenvalue weighted by Crippen LogP contribution is 2.28. The van der Waals surface area contributed by atoms with E-state index in [0.29, 0.717) is 17.7 Å². The van der Waals surface area contributed by atoms with Crippen LogP contribution < -0.4 is 5.73 Å². The summed E-state index contributed by atoms with van der Waals surface area (Å²) in [5.41, 5.74) is 9.08. The van der Waals surface area contributed by atoms with Crippen LogP contribution >= 0.6 is 0 Å². The first kappa shape index (κ1) is 20.2. The van der Waals surface area contributed by atoms with Crippen molar-refractivity contribution >= 4 is 5.82 Å². The van der Waals surface area contributed by atoms with Crippen molar-refractivity contribution in [1.82, 2.24) is 34.7 Å². The number of benzene rings is 1. The van der Waals surface area contributed by atoms with Crippen molar-refractivity contribution in [3.05, 3.63) is 59.3 Å². The molecule has 0 unspecified atom stereocenters. The van der Waals surface area contributed by atoms with E-state index >= 15 is 0 Å². The Labute approximate surface area is 179 Å². The van der Waals surface area contributed by atoms with Crippen LogP contribution in [-0.2, 0) is 6.54 Å². The SMILES string of the molecule is C#Cc1cccc(-c2nc(N)c(F)c(-c3cn(Cc4ccn(C(C)C)n4)nn3)n2)c1C. The van der Waals surface area contributed by atoms with Gasteiger partial charge in [-0.15, -0.1) is 11.5 Å². The molecule has 156 valence electrons. The van der Waals surface area contributed by atoms with Crippen LogP contribution in [0.1, 0.15) is 36.7 Å². The summed E-state index contributed by atoms with van der Waals surface area (Å²) in [5.74, 6) is 1.88. The Hall–Kier alpha value is -4.06. The molecule has 3 heterocycles. The normalized spacial score (nSPS) is 11.1. The molecule has 0 spiro atoms. The molecule has 0 saturated heterocycles. The summed E-state index contributed by atoms with van der Waals surface area (Å²) in [6, 6.07) is 7.59. The van der Waals surface area contributed by atoms with Gasteiger partial charge in [-0.05, 0) is 38.5 Å². The molecule has 0 bridgehead atoms. The number of nitrogen functional groups attached to an aromatic ring is 1. The number of aromatic nitrogens is 7. The van der Waals surface area contributed by atoms with Crippen LogP contribution in [0.2, 0.25) is 0 Å². The number of terminal acetylenes is 1. The van der Waals surface area contributed by atoms with Crippen LogP contribution in [0, 0.1) is 25.1 Å². The average Bonchev–Trinajstić information content (AvgIpc) is 3.40. The van der Waals surface area contributed by atoms with E-state index in [0.717, 1.165) is 11.3 Å². The molecule has 0 fully saturated rings. The fraction of sp³-hybridized carbons (Fsp3) is 0.227. The molecule has 0 amide bonds. The van der Waals surface area contributed by atoms with Gasteiger partial charge < -0.3 is 5.73 Å². The molecule has 4 aromatic rings. The van der Waals surface area contributed by atoms with Gasteiger partial charge in [-0.3, -0.25) is 4.68 Å². The van der Waals surface area contributed by atoms with Gasteiger partial charge in [0.15, 0.2) is 17.5 Å². The summed E-state index contributed by atoms with van der Waals surface area (Å²) in [6.45, 7) is 6.35. The maximum absolute atomic E-state index is 14.8. The van der Waals surface area contributed by atoms with Crippen molar-refractivity contribution in [2.75, 3.05) is 5.73 Å². The molecule has 31 heavy (non-hydrogen) atoms. The number of rotatable bonds is 5. The minimum absolute atomic E-state index is 0.0213. The summed E-state index contributed by atoms with van der Waals surface area (Å²) in [7, 11) is 0. The molecule has 9 heteroatoms. The van der Waals surface area contributed by atoms with Crippen LogP contribution in [0.5, 0.6) is 0 Å². The highest BCUT2D eigenvalue weighted by molar-refractivity contribution is 5.69. The summed E-state index contributed by atoms with van der Waals surface area (Å²) >= 11 is 0. The monoisotopic (exact) mass is 416 g/mol. The van der Waals surface area contributed by atoms with Crippen LogP contribution in [0.25, 0.3) is 22.8 Å². The molecule has 0 aliphatic heterocycles. The van der Waals surface area contributed by atoms with Gasteiger partial charge in [-0.2, -0.15) is 5.10 Å². The van der Waals surface area contributed by atoms with E-state index in [9.17, 15) is 4.39 Å². The third-order valence-electron chi connectivity index (χ3n) is 4.90. The van der Waals surface area contributed by atoms with E-state index in [2.05, 4.69) is 31.3 Å².